The van der Waals surface area contributed by atoms with Crippen LogP contribution in [0, 0.1) is 6.92 Å². The highest BCUT2D eigenvalue weighted by Gasteiger charge is 2.66. The number of benzene rings is 1. The van der Waals surface area contributed by atoms with Crippen LogP contribution in [0.3, 0.4) is 0 Å². The summed E-state index contributed by atoms with van der Waals surface area (Å²) in [4.78, 5) is 26.0. The third-order valence-corrected chi connectivity index (χ3v) is 6.43. The highest BCUT2D eigenvalue weighted by Crippen LogP contribution is 2.52. The molecule has 0 saturated carbocycles. The van der Waals surface area contributed by atoms with E-state index in [0.29, 0.717) is 25.0 Å². The summed E-state index contributed by atoms with van der Waals surface area (Å²) in [5.41, 5.74) is -0.199. The second-order valence-corrected chi connectivity index (χ2v) is 8.29. The minimum Gasteiger partial charge on any atom is -0.375 e. The van der Waals surface area contributed by atoms with Crippen LogP contribution in [0.2, 0.25) is 0 Å². The molecule has 3 heterocycles. The summed E-state index contributed by atoms with van der Waals surface area (Å²) < 4.78 is 26.7. The van der Waals surface area contributed by atoms with Crippen LogP contribution in [0.4, 0.5) is 0 Å². The smallest absolute Gasteiger partial charge is 0.335 e. The lowest BCUT2D eigenvalue weighted by Crippen LogP contribution is -2.49. The van der Waals surface area contributed by atoms with Gasteiger partial charge in [0.2, 0.25) is 0 Å². The SMILES string of the molecule is C=CC[C@H]1O[C@H]2[C@H](n3cc(C)c(=O)n(COCc4ccccc4)c3=O)O[C@]1(CC)[C@H]2OC. The van der Waals surface area contributed by atoms with Gasteiger partial charge in [-0.25, -0.2) is 9.36 Å². The van der Waals surface area contributed by atoms with E-state index in [4.69, 9.17) is 18.9 Å². The van der Waals surface area contributed by atoms with Gasteiger partial charge in [0.1, 0.15) is 24.5 Å². The molecule has 172 valence electrons. The molecule has 5 atom stereocenters. The maximum atomic E-state index is 13.3. The van der Waals surface area contributed by atoms with E-state index in [2.05, 4.69) is 6.58 Å². The van der Waals surface area contributed by atoms with Crippen molar-refractivity contribution in [3.05, 3.63) is 81.1 Å². The Bertz CT molecular complexity index is 1080. The van der Waals surface area contributed by atoms with Gasteiger partial charge < -0.3 is 18.9 Å². The van der Waals surface area contributed by atoms with E-state index in [1.807, 2.05) is 37.3 Å². The molecule has 0 aliphatic carbocycles. The Labute approximate surface area is 187 Å². The first kappa shape index (κ1) is 22.7. The molecule has 0 radical (unpaired) electrons. The average molecular weight is 443 g/mol. The second-order valence-electron chi connectivity index (χ2n) is 8.29. The second kappa shape index (κ2) is 9.15. The van der Waals surface area contributed by atoms with E-state index >= 15 is 0 Å². The zero-order valence-corrected chi connectivity index (χ0v) is 18.7. The molecule has 0 unspecified atom stereocenters. The Kier molecular flexibility index (Phi) is 6.48. The van der Waals surface area contributed by atoms with Crippen LogP contribution in [-0.2, 0) is 32.3 Å². The number of rotatable bonds is 9. The van der Waals surface area contributed by atoms with Gasteiger partial charge in [0.25, 0.3) is 5.56 Å². The van der Waals surface area contributed by atoms with Gasteiger partial charge >= 0.3 is 5.69 Å². The van der Waals surface area contributed by atoms with Crippen molar-refractivity contribution in [1.82, 2.24) is 9.13 Å². The molecule has 0 amide bonds. The molecule has 2 aromatic rings. The van der Waals surface area contributed by atoms with E-state index in [1.54, 1.807) is 20.1 Å². The lowest BCUT2D eigenvalue weighted by Gasteiger charge is -2.37. The topological polar surface area (TPSA) is 80.9 Å². The largest absolute Gasteiger partial charge is 0.375 e. The van der Waals surface area contributed by atoms with Gasteiger partial charge in [-0.2, -0.15) is 0 Å². The monoisotopic (exact) mass is 442 g/mol. The molecule has 2 saturated heterocycles. The first-order valence-corrected chi connectivity index (χ1v) is 10.9. The van der Waals surface area contributed by atoms with Crippen LogP contribution in [0.5, 0.6) is 0 Å². The molecule has 1 aromatic heterocycles. The van der Waals surface area contributed by atoms with E-state index in [9.17, 15) is 9.59 Å². The van der Waals surface area contributed by atoms with Crippen molar-refractivity contribution in [2.75, 3.05) is 7.11 Å². The normalized spacial score (nSPS) is 28.8. The number of hydrogen-bond donors (Lipinski definition) is 0. The third-order valence-electron chi connectivity index (χ3n) is 6.43. The lowest BCUT2D eigenvalue weighted by atomic mass is 9.88. The predicted octanol–water partition coefficient (Wildman–Crippen LogP) is 2.53. The quantitative estimate of drug-likeness (QED) is 0.555. The third kappa shape index (κ3) is 3.67. The number of hydrogen-bond acceptors (Lipinski definition) is 6. The summed E-state index contributed by atoms with van der Waals surface area (Å²) in [6.07, 6.45) is 2.91. The Morgan fingerprint density at radius 2 is 2.00 bits per heavy atom. The minimum atomic E-state index is -0.701. The number of ether oxygens (including phenoxy) is 4. The maximum absolute atomic E-state index is 13.3. The van der Waals surface area contributed by atoms with Gasteiger partial charge in [-0.15, -0.1) is 6.58 Å². The molecule has 2 bridgehead atoms. The molecule has 4 rings (SSSR count). The molecule has 2 fully saturated rings. The van der Waals surface area contributed by atoms with Crippen LogP contribution < -0.4 is 11.2 Å². The Morgan fingerprint density at radius 3 is 2.66 bits per heavy atom. The number of methoxy groups -OCH3 is 1. The molecular formula is C24H30N2O6. The minimum absolute atomic E-state index is 0.155. The average Bonchev–Trinajstić information content (AvgIpc) is 3.29. The van der Waals surface area contributed by atoms with Crippen LogP contribution >= 0.6 is 0 Å². The highest BCUT2D eigenvalue weighted by molar-refractivity contribution is 5.15. The van der Waals surface area contributed by atoms with Gasteiger partial charge in [-0.1, -0.05) is 43.3 Å². The van der Waals surface area contributed by atoms with Gasteiger partial charge in [0.15, 0.2) is 6.23 Å². The van der Waals surface area contributed by atoms with Crippen LogP contribution in [-0.4, -0.2) is 40.2 Å². The van der Waals surface area contributed by atoms with Gasteiger partial charge in [0.05, 0.1) is 12.7 Å². The number of nitrogens with zero attached hydrogens (tertiary/aromatic N) is 2. The fourth-order valence-electron chi connectivity index (χ4n) is 4.84. The lowest BCUT2D eigenvalue weighted by molar-refractivity contribution is -0.213. The van der Waals surface area contributed by atoms with Gasteiger partial charge in [0, 0.05) is 18.9 Å². The van der Waals surface area contributed by atoms with Crippen molar-refractivity contribution in [1.29, 1.82) is 0 Å². The molecule has 1 aromatic carbocycles. The Hall–Kier alpha value is -2.52. The summed E-state index contributed by atoms with van der Waals surface area (Å²) in [7, 11) is 1.62. The van der Waals surface area contributed by atoms with Crippen molar-refractivity contribution in [3.63, 3.8) is 0 Å². The first-order valence-electron chi connectivity index (χ1n) is 10.9. The summed E-state index contributed by atoms with van der Waals surface area (Å²) >= 11 is 0. The van der Waals surface area contributed by atoms with E-state index < -0.39 is 23.6 Å². The molecule has 2 aliphatic heterocycles. The summed E-state index contributed by atoms with van der Waals surface area (Å²) in [5.74, 6) is 0. The molecular weight excluding hydrogens is 412 g/mol. The summed E-state index contributed by atoms with van der Waals surface area (Å²) in [6.45, 7) is 7.64. The highest BCUT2D eigenvalue weighted by atomic mass is 16.7. The maximum Gasteiger partial charge on any atom is 0.335 e. The molecule has 8 nitrogen and oxygen atoms in total. The standard InChI is InChI=1S/C24H30N2O6/c1-5-10-18-24(6-2)20(29-4)19(31-18)22(32-24)25-13-16(3)21(27)26(23(25)28)15-30-14-17-11-8-7-9-12-17/h5,7-9,11-13,18-20,22H,1,6,10,14-15H2,2-4H3/t18-,19-,20+,22-,24+/m1/s1. The van der Waals surface area contributed by atoms with Crippen molar-refractivity contribution in [2.45, 2.75) is 70.2 Å². The zero-order valence-electron chi connectivity index (χ0n) is 18.7. The molecule has 0 spiro atoms. The van der Waals surface area contributed by atoms with E-state index in [1.165, 1.54) is 10.8 Å². The Morgan fingerprint density at radius 1 is 1.25 bits per heavy atom. The van der Waals surface area contributed by atoms with Crippen LogP contribution in [0.1, 0.15) is 37.1 Å². The Balaban J connectivity index is 1.63. The number of aromatic nitrogens is 2. The fourth-order valence-corrected chi connectivity index (χ4v) is 4.84. The molecule has 8 heteroatoms. The molecule has 0 N–H and O–H groups in total. The zero-order chi connectivity index (χ0) is 22.9. The van der Waals surface area contributed by atoms with Crippen molar-refractivity contribution >= 4 is 0 Å². The van der Waals surface area contributed by atoms with Crippen molar-refractivity contribution in [2.24, 2.45) is 0 Å². The first-order chi connectivity index (χ1) is 15.5. The van der Waals surface area contributed by atoms with E-state index in [0.717, 1.165) is 10.1 Å². The summed E-state index contributed by atoms with van der Waals surface area (Å²) in [6, 6.07) is 9.58. The van der Waals surface area contributed by atoms with E-state index in [-0.39, 0.29) is 24.5 Å². The van der Waals surface area contributed by atoms with Gasteiger partial charge in [-0.3, -0.25) is 9.36 Å². The fraction of sp³-hybridized carbons (Fsp3) is 0.500. The molecule has 2 aliphatic rings. The van der Waals surface area contributed by atoms with Crippen molar-refractivity contribution in [3.8, 4) is 0 Å². The van der Waals surface area contributed by atoms with Crippen LogP contribution in [0.25, 0.3) is 0 Å². The van der Waals surface area contributed by atoms with Crippen molar-refractivity contribution < 1.29 is 18.9 Å². The predicted molar refractivity (Wildman–Crippen MR) is 118 cm³/mol. The number of aryl methyl sites for hydroxylation is 1. The number of fused-ring (bicyclic) bond motifs is 2. The summed E-state index contributed by atoms with van der Waals surface area (Å²) in [5, 5.41) is 0. The molecule has 32 heavy (non-hydrogen) atoms. The van der Waals surface area contributed by atoms with Gasteiger partial charge in [-0.05, 0) is 25.3 Å². The van der Waals surface area contributed by atoms with Crippen LogP contribution in [0.15, 0.2) is 58.8 Å².